The van der Waals surface area contributed by atoms with Crippen LogP contribution >= 0.6 is 27.5 Å². The molecule has 0 radical (unpaired) electrons. The van der Waals surface area contributed by atoms with Gasteiger partial charge in [0, 0.05) is 15.1 Å². The molecule has 6 rings (SSSR count). The van der Waals surface area contributed by atoms with E-state index in [1.165, 1.54) is 43.4 Å². The molecule has 2 heteroatoms. The second-order valence-electron chi connectivity index (χ2n) is 8.03. The second-order valence-corrected chi connectivity index (χ2v) is 9.29. The van der Waals surface area contributed by atoms with Crippen LogP contribution in [0.1, 0.15) is 0 Å². The van der Waals surface area contributed by atoms with Gasteiger partial charge in [-0.2, -0.15) is 0 Å². The van der Waals surface area contributed by atoms with E-state index in [2.05, 4.69) is 107 Å². The summed E-state index contributed by atoms with van der Waals surface area (Å²) >= 11 is 10.2. The summed E-state index contributed by atoms with van der Waals surface area (Å²) in [6, 6.07) is 38.6. The molecule has 0 amide bonds. The van der Waals surface area contributed by atoms with Crippen LogP contribution in [-0.4, -0.2) is 0 Å². The molecule has 6 aromatic rings. The molecule has 0 fully saturated rings. The molecule has 32 heavy (non-hydrogen) atoms. The highest BCUT2D eigenvalue weighted by atomic mass is 79.9. The zero-order chi connectivity index (χ0) is 21.7. The Morgan fingerprint density at radius 1 is 0.438 bits per heavy atom. The predicted molar refractivity (Wildman–Crippen MR) is 143 cm³/mol. The highest BCUT2D eigenvalue weighted by Gasteiger charge is 2.12. The lowest BCUT2D eigenvalue weighted by atomic mass is 9.91. The van der Waals surface area contributed by atoms with Crippen molar-refractivity contribution in [3.63, 3.8) is 0 Å². The molecule has 0 spiro atoms. The summed E-state index contributed by atoms with van der Waals surface area (Å²) in [5, 5.41) is 8.48. The van der Waals surface area contributed by atoms with Gasteiger partial charge in [-0.1, -0.05) is 112 Å². The molecule has 0 N–H and O–H groups in total. The van der Waals surface area contributed by atoms with Crippen molar-refractivity contribution >= 4 is 59.8 Å². The summed E-state index contributed by atoms with van der Waals surface area (Å²) < 4.78 is 1.03. The number of fused-ring (bicyclic) bond motifs is 6. The van der Waals surface area contributed by atoms with Crippen molar-refractivity contribution in [1.82, 2.24) is 0 Å². The number of halogens is 2. The van der Waals surface area contributed by atoms with E-state index in [0.29, 0.717) is 0 Å². The fraction of sp³-hybridized carbons (Fsp3) is 0. The molecule has 6 aromatic carbocycles. The Bertz CT molecular complexity index is 1610. The van der Waals surface area contributed by atoms with Gasteiger partial charge in [-0.3, -0.25) is 0 Å². The van der Waals surface area contributed by atoms with E-state index in [4.69, 9.17) is 11.6 Å². The molecule has 0 bridgehead atoms. The molecule has 0 aliphatic carbocycles. The number of hydrogen-bond donors (Lipinski definition) is 0. The summed E-state index contributed by atoms with van der Waals surface area (Å²) in [4.78, 5) is 0. The van der Waals surface area contributed by atoms with Crippen LogP contribution in [-0.2, 0) is 0 Å². The highest BCUT2D eigenvalue weighted by molar-refractivity contribution is 9.10. The minimum absolute atomic E-state index is 0.751. The maximum Gasteiger partial charge on any atom is 0.0484 e. The molecule has 0 aliphatic heterocycles. The van der Waals surface area contributed by atoms with Gasteiger partial charge < -0.3 is 0 Å². The van der Waals surface area contributed by atoms with E-state index in [-0.39, 0.29) is 0 Å². The van der Waals surface area contributed by atoms with Crippen molar-refractivity contribution < 1.29 is 0 Å². The summed E-state index contributed by atoms with van der Waals surface area (Å²) in [5.74, 6) is 0. The van der Waals surface area contributed by atoms with Gasteiger partial charge in [0.25, 0.3) is 0 Å². The molecule has 152 valence electrons. The second kappa shape index (κ2) is 7.78. The fourth-order valence-corrected chi connectivity index (χ4v) is 5.38. The number of hydrogen-bond acceptors (Lipinski definition) is 0. The van der Waals surface area contributed by atoms with Crippen molar-refractivity contribution in [2.75, 3.05) is 0 Å². The molecule has 0 heterocycles. The molecule has 0 atom stereocenters. The third-order valence-electron chi connectivity index (χ3n) is 6.21. The van der Waals surface area contributed by atoms with Crippen molar-refractivity contribution in [2.45, 2.75) is 0 Å². The molecule has 0 saturated heterocycles. The van der Waals surface area contributed by atoms with Gasteiger partial charge in [-0.05, 0) is 73.3 Å². The molecule has 0 nitrogen and oxygen atoms in total. The van der Waals surface area contributed by atoms with Crippen LogP contribution in [0.15, 0.2) is 114 Å². The lowest BCUT2D eigenvalue weighted by Gasteiger charge is -2.13. The molecule has 0 unspecified atom stereocenters. The van der Waals surface area contributed by atoms with Crippen molar-refractivity contribution in [2.24, 2.45) is 0 Å². The first kappa shape index (κ1) is 19.5. The van der Waals surface area contributed by atoms with Crippen LogP contribution in [0.4, 0.5) is 0 Å². The zero-order valence-corrected chi connectivity index (χ0v) is 19.5. The SMILES string of the molecule is Clc1ccccc1-c1cc(-c2ccc3c4ccccc4c4ccccc4c3c2)ccc1Br. The van der Waals surface area contributed by atoms with Gasteiger partial charge in [0.1, 0.15) is 0 Å². The fourth-order valence-electron chi connectivity index (χ4n) is 4.68. The minimum atomic E-state index is 0.751. The van der Waals surface area contributed by atoms with Crippen molar-refractivity contribution in [1.29, 1.82) is 0 Å². The van der Waals surface area contributed by atoms with E-state index in [9.17, 15) is 0 Å². The van der Waals surface area contributed by atoms with Crippen molar-refractivity contribution in [3.05, 3.63) is 119 Å². The van der Waals surface area contributed by atoms with Gasteiger partial charge in [-0.15, -0.1) is 0 Å². The van der Waals surface area contributed by atoms with Crippen LogP contribution < -0.4 is 0 Å². The number of rotatable bonds is 2. The molecular formula is C30H18BrCl. The van der Waals surface area contributed by atoms with E-state index in [0.717, 1.165) is 20.6 Å². The van der Waals surface area contributed by atoms with E-state index < -0.39 is 0 Å². The third kappa shape index (κ3) is 3.12. The smallest absolute Gasteiger partial charge is 0.0484 e. The maximum absolute atomic E-state index is 6.51. The summed E-state index contributed by atoms with van der Waals surface area (Å²) in [6.07, 6.45) is 0. The summed E-state index contributed by atoms with van der Waals surface area (Å²) in [5.41, 5.74) is 4.48. The van der Waals surface area contributed by atoms with Gasteiger partial charge in [0.05, 0.1) is 0 Å². The Kier molecular flexibility index (Phi) is 4.75. The maximum atomic E-state index is 6.51. The Labute approximate surface area is 200 Å². The average Bonchev–Trinajstić information content (AvgIpc) is 2.85. The Morgan fingerprint density at radius 3 is 1.59 bits per heavy atom. The van der Waals surface area contributed by atoms with Crippen LogP contribution in [0, 0.1) is 0 Å². The highest BCUT2D eigenvalue weighted by Crippen LogP contribution is 2.39. The van der Waals surface area contributed by atoms with Crippen LogP contribution in [0.25, 0.3) is 54.6 Å². The van der Waals surface area contributed by atoms with Crippen LogP contribution in [0.2, 0.25) is 5.02 Å². The monoisotopic (exact) mass is 492 g/mol. The third-order valence-corrected chi connectivity index (χ3v) is 7.23. The topological polar surface area (TPSA) is 0 Å². The van der Waals surface area contributed by atoms with E-state index in [1.807, 2.05) is 18.2 Å². The van der Waals surface area contributed by atoms with E-state index in [1.54, 1.807) is 0 Å². The molecule has 0 aliphatic rings. The molecule has 0 aromatic heterocycles. The lowest BCUT2D eigenvalue weighted by molar-refractivity contribution is 1.57. The van der Waals surface area contributed by atoms with Gasteiger partial charge in [0.15, 0.2) is 0 Å². The van der Waals surface area contributed by atoms with Crippen LogP contribution in [0.5, 0.6) is 0 Å². The summed E-state index contributed by atoms with van der Waals surface area (Å²) in [7, 11) is 0. The summed E-state index contributed by atoms with van der Waals surface area (Å²) in [6.45, 7) is 0. The quantitative estimate of drug-likeness (QED) is 0.210. The van der Waals surface area contributed by atoms with Crippen LogP contribution in [0.3, 0.4) is 0 Å². The first-order chi connectivity index (χ1) is 15.7. The zero-order valence-electron chi connectivity index (χ0n) is 17.1. The minimum Gasteiger partial charge on any atom is -0.0837 e. The molecule has 0 saturated carbocycles. The normalized spacial score (nSPS) is 11.4. The lowest BCUT2D eigenvalue weighted by Crippen LogP contribution is -1.87. The van der Waals surface area contributed by atoms with E-state index >= 15 is 0 Å². The van der Waals surface area contributed by atoms with Crippen molar-refractivity contribution in [3.8, 4) is 22.3 Å². The largest absolute Gasteiger partial charge is 0.0837 e. The average molecular weight is 494 g/mol. The Hall–Kier alpha value is -3.13. The van der Waals surface area contributed by atoms with Gasteiger partial charge >= 0.3 is 0 Å². The molecular weight excluding hydrogens is 476 g/mol. The van der Waals surface area contributed by atoms with Gasteiger partial charge in [0.2, 0.25) is 0 Å². The first-order valence-electron chi connectivity index (χ1n) is 10.6. The first-order valence-corrected chi connectivity index (χ1v) is 11.8. The number of benzene rings is 6. The Morgan fingerprint density at radius 2 is 0.938 bits per heavy atom. The Balaban J connectivity index is 1.62. The standard InChI is InChI=1S/C30H18BrCl/c31-29-16-14-20(18-28(29)26-11-5-6-12-30(26)32)19-13-15-25-23-9-2-1-7-21(23)22-8-3-4-10-24(22)27(25)17-19/h1-18H. The predicted octanol–water partition coefficient (Wildman–Crippen LogP) is 9.90. The van der Waals surface area contributed by atoms with Gasteiger partial charge in [-0.25, -0.2) is 0 Å².